The molecule has 2 aromatic rings. The Morgan fingerprint density at radius 3 is 2.48 bits per heavy atom. The van der Waals surface area contributed by atoms with Crippen LogP contribution in [0.2, 0.25) is 0 Å². The highest BCUT2D eigenvalue weighted by atomic mass is 32.2. The maximum absolute atomic E-state index is 12.4. The Hall–Kier alpha value is -3.58. The largest absolute Gasteiger partial charge is 0.381 e. The number of benzene rings is 2. The Bertz CT molecular complexity index is 1180. The molecule has 33 heavy (non-hydrogen) atoms. The molecule has 1 unspecified atom stereocenters. The molecule has 0 saturated carbocycles. The van der Waals surface area contributed by atoms with Crippen molar-refractivity contribution in [3.05, 3.63) is 67.8 Å². The first-order chi connectivity index (χ1) is 15.6. The Labute approximate surface area is 190 Å². The molecule has 3 rings (SSSR count). The van der Waals surface area contributed by atoms with Crippen molar-refractivity contribution in [1.82, 2.24) is 10.1 Å². The Kier molecular flexibility index (Phi) is 7.23. The van der Waals surface area contributed by atoms with E-state index in [1.165, 1.54) is 6.07 Å². The lowest BCUT2D eigenvalue weighted by Gasteiger charge is -2.28. The van der Waals surface area contributed by atoms with Crippen molar-refractivity contribution in [1.29, 1.82) is 0 Å². The van der Waals surface area contributed by atoms with Gasteiger partial charge in [-0.3, -0.25) is 20.2 Å². The molecular weight excluding hydrogens is 452 g/mol. The summed E-state index contributed by atoms with van der Waals surface area (Å²) in [7, 11) is -4.10. The van der Waals surface area contributed by atoms with E-state index in [4.69, 9.17) is 0 Å². The minimum Gasteiger partial charge on any atom is -0.381 e. The highest BCUT2D eigenvalue weighted by Gasteiger charge is 2.23. The van der Waals surface area contributed by atoms with Crippen molar-refractivity contribution < 1.29 is 18.3 Å². The summed E-state index contributed by atoms with van der Waals surface area (Å²) in [5.74, 6) is 0. The predicted octanol–water partition coefficient (Wildman–Crippen LogP) is 2.54. The van der Waals surface area contributed by atoms with E-state index in [1.807, 2.05) is 18.7 Å². The van der Waals surface area contributed by atoms with Crippen molar-refractivity contribution in [3.63, 3.8) is 0 Å². The summed E-state index contributed by atoms with van der Waals surface area (Å²) in [6, 6.07) is 7.80. The lowest BCUT2D eigenvalue weighted by molar-refractivity contribution is -0.385. The fraction of sp³-hybridized carbons (Fsp3) is 0.350. The van der Waals surface area contributed by atoms with Gasteiger partial charge in [-0.2, -0.15) is 13.5 Å². The van der Waals surface area contributed by atoms with Gasteiger partial charge in [-0.1, -0.05) is 13.8 Å². The monoisotopic (exact) mass is 476 g/mol. The average Bonchev–Trinajstić information content (AvgIpc) is 2.77. The van der Waals surface area contributed by atoms with Crippen molar-refractivity contribution >= 4 is 33.3 Å². The maximum Gasteiger partial charge on any atom is 0.280 e. The van der Waals surface area contributed by atoms with Crippen LogP contribution in [0, 0.1) is 20.2 Å². The third-order valence-electron chi connectivity index (χ3n) is 5.08. The first kappa shape index (κ1) is 24.1. The lowest BCUT2D eigenvalue weighted by Crippen LogP contribution is -2.38. The van der Waals surface area contributed by atoms with Crippen LogP contribution in [-0.2, 0) is 16.4 Å². The molecule has 0 fully saturated rings. The summed E-state index contributed by atoms with van der Waals surface area (Å²) in [6.07, 6.45) is 2.63. The Morgan fingerprint density at radius 2 is 1.88 bits per heavy atom. The summed E-state index contributed by atoms with van der Waals surface area (Å²) in [6.45, 7) is 4.82. The lowest BCUT2D eigenvalue weighted by atomic mass is 9.95. The second kappa shape index (κ2) is 9.92. The summed E-state index contributed by atoms with van der Waals surface area (Å²) in [4.78, 5) is 22.9. The fourth-order valence-electron chi connectivity index (χ4n) is 3.37. The SMILES string of the molecule is CC(C)NCC1CCc2cc(/C=N/NS(=O)(=O)c3ccc([N+](=O)[O-])cc3)c([N+](=O)[O-])cc2N1. The van der Waals surface area contributed by atoms with Gasteiger partial charge in [0.15, 0.2) is 0 Å². The molecule has 1 atom stereocenters. The molecule has 0 bridgehead atoms. The number of nitro benzene ring substituents is 2. The van der Waals surface area contributed by atoms with Crippen LogP contribution in [-0.4, -0.2) is 43.1 Å². The van der Waals surface area contributed by atoms with Crippen LogP contribution >= 0.6 is 0 Å². The number of fused-ring (bicyclic) bond motifs is 1. The molecule has 1 aliphatic rings. The molecule has 12 nitrogen and oxygen atoms in total. The van der Waals surface area contributed by atoms with Gasteiger partial charge in [-0.25, -0.2) is 4.83 Å². The summed E-state index contributed by atoms with van der Waals surface area (Å²) in [5.41, 5.74) is 1.24. The number of hydrazone groups is 1. The zero-order valence-corrected chi connectivity index (χ0v) is 18.8. The quantitative estimate of drug-likeness (QED) is 0.282. The molecule has 13 heteroatoms. The molecule has 1 heterocycles. The zero-order valence-electron chi connectivity index (χ0n) is 18.0. The second-order valence-corrected chi connectivity index (χ2v) is 9.53. The smallest absolute Gasteiger partial charge is 0.280 e. The van der Waals surface area contributed by atoms with Crippen LogP contribution < -0.4 is 15.5 Å². The third kappa shape index (κ3) is 6.02. The van der Waals surface area contributed by atoms with Crippen molar-refractivity contribution in [2.24, 2.45) is 5.10 Å². The number of rotatable bonds is 9. The Morgan fingerprint density at radius 1 is 1.18 bits per heavy atom. The molecule has 0 radical (unpaired) electrons. The van der Waals surface area contributed by atoms with E-state index in [1.54, 1.807) is 6.07 Å². The zero-order chi connectivity index (χ0) is 24.2. The first-order valence-corrected chi connectivity index (χ1v) is 11.7. The van der Waals surface area contributed by atoms with Crippen LogP contribution in [0.25, 0.3) is 0 Å². The van der Waals surface area contributed by atoms with Crippen LogP contribution in [0.4, 0.5) is 17.1 Å². The van der Waals surface area contributed by atoms with E-state index in [0.717, 1.165) is 49.0 Å². The molecular formula is C20H24N6O6S. The van der Waals surface area contributed by atoms with Crippen LogP contribution in [0.15, 0.2) is 46.4 Å². The highest BCUT2D eigenvalue weighted by Crippen LogP contribution is 2.31. The third-order valence-corrected chi connectivity index (χ3v) is 6.32. The van der Waals surface area contributed by atoms with Gasteiger partial charge < -0.3 is 10.6 Å². The summed E-state index contributed by atoms with van der Waals surface area (Å²) in [5, 5.41) is 32.6. The van der Waals surface area contributed by atoms with Crippen LogP contribution in [0.3, 0.4) is 0 Å². The number of hydrogen-bond acceptors (Lipinski definition) is 9. The topological polar surface area (TPSA) is 169 Å². The van der Waals surface area contributed by atoms with Crippen LogP contribution in [0.5, 0.6) is 0 Å². The number of hydrogen-bond donors (Lipinski definition) is 3. The van der Waals surface area contributed by atoms with Gasteiger partial charge in [0.2, 0.25) is 0 Å². The number of nitrogens with one attached hydrogen (secondary N) is 3. The highest BCUT2D eigenvalue weighted by molar-refractivity contribution is 7.89. The molecule has 1 aliphatic heterocycles. The van der Waals surface area contributed by atoms with E-state index in [2.05, 4.69) is 15.7 Å². The Balaban J connectivity index is 1.77. The van der Waals surface area contributed by atoms with E-state index in [-0.39, 0.29) is 27.9 Å². The first-order valence-electron chi connectivity index (χ1n) is 10.2. The van der Waals surface area contributed by atoms with Gasteiger partial charge in [0.1, 0.15) is 0 Å². The van der Waals surface area contributed by atoms with E-state index < -0.39 is 19.9 Å². The minimum atomic E-state index is -4.10. The molecule has 176 valence electrons. The van der Waals surface area contributed by atoms with Gasteiger partial charge in [0.05, 0.1) is 26.5 Å². The molecule has 0 aromatic heterocycles. The number of nitrogens with zero attached hydrogens (tertiary/aromatic N) is 3. The predicted molar refractivity (Wildman–Crippen MR) is 123 cm³/mol. The standard InChI is InChI=1S/C20H24N6O6S/c1-13(2)21-12-16-4-3-14-9-15(20(26(29)30)10-19(14)23-16)11-22-24-33(31,32)18-7-5-17(6-8-18)25(27)28/h5-11,13,16,21,23-24H,3-4,12H2,1-2H3/b22-11+. The number of nitro groups is 2. The number of non-ortho nitro benzene ring substituents is 1. The average molecular weight is 477 g/mol. The molecule has 0 saturated heterocycles. The van der Waals surface area contributed by atoms with E-state index >= 15 is 0 Å². The van der Waals surface area contributed by atoms with E-state index in [0.29, 0.717) is 18.2 Å². The van der Waals surface area contributed by atoms with Crippen molar-refractivity contribution in [3.8, 4) is 0 Å². The maximum atomic E-state index is 12.4. The number of sulfonamides is 1. The van der Waals surface area contributed by atoms with Gasteiger partial charge >= 0.3 is 0 Å². The number of aryl methyl sites for hydroxylation is 1. The fourth-order valence-corrected chi connectivity index (χ4v) is 4.16. The van der Waals surface area contributed by atoms with Crippen molar-refractivity contribution in [2.75, 3.05) is 11.9 Å². The normalized spacial score (nSPS) is 15.8. The van der Waals surface area contributed by atoms with Gasteiger partial charge in [0.25, 0.3) is 21.4 Å². The second-order valence-electron chi connectivity index (χ2n) is 7.87. The molecule has 3 N–H and O–H groups in total. The summed E-state index contributed by atoms with van der Waals surface area (Å²) >= 11 is 0. The van der Waals surface area contributed by atoms with Crippen molar-refractivity contribution in [2.45, 2.75) is 43.7 Å². The van der Waals surface area contributed by atoms with Gasteiger partial charge in [-0.05, 0) is 36.6 Å². The van der Waals surface area contributed by atoms with E-state index in [9.17, 15) is 28.6 Å². The molecule has 0 spiro atoms. The number of anilines is 1. The minimum absolute atomic E-state index is 0.146. The van der Waals surface area contributed by atoms with Gasteiger partial charge in [-0.15, -0.1) is 0 Å². The molecule has 0 aliphatic carbocycles. The van der Waals surface area contributed by atoms with Gasteiger partial charge in [0, 0.05) is 42.5 Å². The molecule has 2 aromatic carbocycles. The molecule has 0 amide bonds. The summed E-state index contributed by atoms with van der Waals surface area (Å²) < 4.78 is 24.7. The van der Waals surface area contributed by atoms with Crippen LogP contribution in [0.1, 0.15) is 31.4 Å².